The molecule has 0 bridgehead atoms. The van der Waals surface area contributed by atoms with Crippen molar-refractivity contribution < 1.29 is 13.2 Å². The van der Waals surface area contributed by atoms with Gasteiger partial charge in [0.15, 0.2) is 0 Å². The van der Waals surface area contributed by atoms with Crippen molar-refractivity contribution in [2.24, 2.45) is 0 Å². The van der Waals surface area contributed by atoms with Crippen molar-refractivity contribution in [3.05, 3.63) is 40.8 Å². The molecular weight excluding hydrogens is 284 g/mol. The number of thiazole rings is 1. The summed E-state index contributed by atoms with van der Waals surface area (Å²) in [6.45, 7) is 0.253. The van der Waals surface area contributed by atoms with Gasteiger partial charge in [0, 0.05) is 19.5 Å². The zero-order valence-corrected chi connectivity index (χ0v) is 12.2. The summed E-state index contributed by atoms with van der Waals surface area (Å²) in [6.07, 6.45) is 0. The molecule has 7 heteroatoms. The Bertz CT molecular complexity index is 637. The van der Waals surface area contributed by atoms with Gasteiger partial charge < -0.3 is 4.74 Å². The van der Waals surface area contributed by atoms with Gasteiger partial charge in [-0.1, -0.05) is 12.1 Å². The number of ether oxygens (including phenoxy) is 1. The zero-order chi connectivity index (χ0) is 13.9. The maximum atomic E-state index is 12.1. The Kier molecular flexibility index (Phi) is 4.18. The first kappa shape index (κ1) is 14.0. The molecule has 0 amide bonds. The molecule has 0 N–H and O–H groups in total. The largest absolute Gasteiger partial charge is 0.486 e. The minimum absolute atomic E-state index is 0.162. The summed E-state index contributed by atoms with van der Waals surface area (Å²) in [6, 6.07) is 6.59. The number of nitrogens with zero attached hydrogens (tertiary/aromatic N) is 2. The van der Waals surface area contributed by atoms with Gasteiger partial charge >= 0.3 is 0 Å². The summed E-state index contributed by atoms with van der Waals surface area (Å²) in [5, 5.41) is 1.86. The van der Waals surface area contributed by atoms with Gasteiger partial charge in [0.05, 0.1) is 11.2 Å². The van der Waals surface area contributed by atoms with E-state index in [1.54, 1.807) is 23.7 Å². The lowest BCUT2D eigenvalue weighted by atomic mass is 10.3. The number of sulfonamides is 1. The minimum atomic E-state index is -3.51. The van der Waals surface area contributed by atoms with Gasteiger partial charge in [-0.15, -0.1) is 11.3 Å². The van der Waals surface area contributed by atoms with Gasteiger partial charge in [-0.05, 0) is 12.1 Å². The lowest BCUT2D eigenvalue weighted by Crippen LogP contribution is -2.22. The molecule has 1 aromatic heterocycles. The number of aromatic nitrogens is 1. The molecule has 0 radical (unpaired) electrons. The Balaban J connectivity index is 2.27. The highest BCUT2D eigenvalue weighted by Gasteiger charge is 2.21. The average molecular weight is 298 g/mol. The van der Waals surface area contributed by atoms with Crippen molar-refractivity contribution in [2.45, 2.75) is 11.5 Å². The molecule has 2 aromatic rings. The van der Waals surface area contributed by atoms with Crippen molar-refractivity contribution in [1.29, 1.82) is 0 Å². The van der Waals surface area contributed by atoms with E-state index in [4.69, 9.17) is 4.74 Å². The number of benzene rings is 1. The highest BCUT2D eigenvalue weighted by molar-refractivity contribution is 7.89. The Labute approximate surface area is 116 Å². The van der Waals surface area contributed by atoms with E-state index in [2.05, 4.69) is 4.98 Å². The second-order valence-corrected chi connectivity index (χ2v) is 6.84. The molecule has 0 atom stereocenters. The van der Waals surface area contributed by atoms with E-state index >= 15 is 0 Å². The van der Waals surface area contributed by atoms with Crippen LogP contribution in [0.15, 0.2) is 40.1 Å². The summed E-state index contributed by atoms with van der Waals surface area (Å²) in [5.74, 6) is 0.337. The SMILES string of the molecule is CN(C)S(=O)(=O)c1ccccc1OCc1cscn1. The number of rotatable bonds is 5. The summed E-state index contributed by atoms with van der Waals surface area (Å²) in [7, 11) is -0.523. The first-order chi connectivity index (χ1) is 9.01. The fourth-order valence-corrected chi connectivity index (χ4v) is 3.01. The number of para-hydroxylation sites is 1. The third-order valence-corrected chi connectivity index (χ3v) is 4.96. The molecule has 5 nitrogen and oxygen atoms in total. The van der Waals surface area contributed by atoms with Crippen LogP contribution in [0.3, 0.4) is 0 Å². The van der Waals surface area contributed by atoms with Crippen LogP contribution in [-0.4, -0.2) is 31.8 Å². The number of hydrogen-bond donors (Lipinski definition) is 0. The highest BCUT2D eigenvalue weighted by atomic mass is 32.2. The molecule has 0 fully saturated rings. The van der Waals surface area contributed by atoms with Crippen LogP contribution in [0.4, 0.5) is 0 Å². The van der Waals surface area contributed by atoms with E-state index in [0.717, 1.165) is 10.00 Å². The van der Waals surface area contributed by atoms with Crippen molar-refractivity contribution >= 4 is 21.4 Å². The maximum absolute atomic E-state index is 12.1. The summed E-state index contributed by atoms with van der Waals surface area (Å²) >= 11 is 1.47. The summed E-state index contributed by atoms with van der Waals surface area (Å²) in [4.78, 5) is 4.25. The monoisotopic (exact) mass is 298 g/mol. The van der Waals surface area contributed by atoms with Gasteiger partial charge in [-0.3, -0.25) is 0 Å². The second kappa shape index (κ2) is 5.68. The third-order valence-electron chi connectivity index (χ3n) is 2.47. The first-order valence-corrected chi connectivity index (χ1v) is 7.91. The van der Waals surface area contributed by atoms with Gasteiger partial charge in [0.2, 0.25) is 10.0 Å². The van der Waals surface area contributed by atoms with Crippen LogP contribution < -0.4 is 4.74 Å². The summed E-state index contributed by atoms with van der Waals surface area (Å²) in [5.41, 5.74) is 2.49. The van der Waals surface area contributed by atoms with E-state index in [1.165, 1.54) is 31.5 Å². The predicted octanol–water partition coefficient (Wildman–Crippen LogP) is 1.97. The second-order valence-electron chi connectivity index (χ2n) is 4.00. The molecule has 0 aliphatic carbocycles. The molecule has 1 heterocycles. The van der Waals surface area contributed by atoms with E-state index in [0.29, 0.717) is 5.75 Å². The van der Waals surface area contributed by atoms with Gasteiger partial charge in [-0.2, -0.15) is 0 Å². The number of hydrogen-bond acceptors (Lipinski definition) is 5. The van der Waals surface area contributed by atoms with Crippen LogP contribution in [-0.2, 0) is 16.6 Å². The standard InChI is InChI=1S/C12H14N2O3S2/c1-14(2)19(15,16)12-6-4-3-5-11(12)17-7-10-8-18-9-13-10/h3-6,8-9H,7H2,1-2H3. The Morgan fingerprint density at radius 1 is 1.32 bits per heavy atom. The van der Waals surface area contributed by atoms with Crippen LogP contribution in [0, 0.1) is 0 Å². The molecule has 0 aliphatic heterocycles. The highest BCUT2D eigenvalue weighted by Crippen LogP contribution is 2.26. The smallest absolute Gasteiger partial charge is 0.246 e. The van der Waals surface area contributed by atoms with Crippen molar-refractivity contribution in [2.75, 3.05) is 14.1 Å². The van der Waals surface area contributed by atoms with Gasteiger partial charge in [-0.25, -0.2) is 17.7 Å². The maximum Gasteiger partial charge on any atom is 0.246 e. The Morgan fingerprint density at radius 2 is 2.05 bits per heavy atom. The molecule has 0 unspecified atom stereocenters. The quantitative estimate of drug-likeness (QED) is 0.847. The predicted molar refractivity (Wildman–Crippen MR) is 73.8 cm³/mol. The summed E-state index contributed by atoms with van der Waals surface area (Å²) < 4.78 is 31.0. The lowest BCUT2D eigenvalue weighted by Gasteiger charge is -2.15. The zero-order valence-electron chi connectivity index (χ0n) is 10.6. The minimum Gasteiger partial charge on any atom is -0.486 e. The van der Waals surface area contributed by atoms with E-state index in [-0.39, 0.29) is 11.5 Å². The van der Waals surface area contributed by atoms with E-state index in [1.807, 2.05) is 5.38 Å². The van der Waals surface area contributed by atoms with Gasteiger partial charge in [0.25, 0.3) is 0 Å². The molecule has 0 saturated carbocycles. The fraction of sp³-hybridized carbons (Fsp3) is 0.250. The third kappa shape index (κ3) is 3.12. The topological polar surface area (TPSA) is 59.5 Å². The fourth-order valence-electron chi connectivity index (χ4n) is 1.44. The van der Waals surface area contributed by atoms with Crippen molar-refractivity contribution in [3.8, 4) is 5.75 Å². The Morgan fingerprint density at radius 3 is 2.68 bits per heavy atom. The molecule has 102 valence electrons. The van der Waals surface area contributed by atoms with Crippen LogP contribution in [0.2, 0.25) is 0 Å². The normalized spacial score (nSPS) is 11.7. The molecule has 1 aromatic carbocycles. The molecule has 0 spiro atoms. The van der Waals surface area contributed by atoms with Gasteiger partial charge in [0.1, 0.15) is 17.3 Å². The molecule has 19 heavy (non-hydrogen) atoms. The van der Waals surface area contributed by atoms with Crippen LogP contribution in [0.1, 0.15) is 5.69 Å². The Hall–Kier alpha value is -1.44. The molecule has 0 saturated heterocycles. The lowest BCUT2D eigenvalue weighted by molar-refractivity contribution is 0.293. The first-order valence-electron chi connectivity index (χ1n) is 5.53. The molecule has 2 rings (SSSR count). The van der Waals surface area contributed by atoms with Crippen LogP contribution in [0.25, 0.3) is 0 Å². The molecular formula is C12H14N2O3S2. The van der Waals surface area contributed by atoms with E-state index < -0.39 is 10.0 Å². The van der Waals surface area contributed by atoms with Crippen LogP contribution in [0.5, 0.6) is 5.75 Å². The van der Waals surface area contributed by atoms with Crippen LogP contribution >= 0.6 is 11.3 Å². The van der Waals surface area contributed by atoms with E-state index in [9.17, 15) is 8.42 Å². The van der Waals surface area contributed by atoms with Crippen molar-refractivity contribution in [1.82, 2.24) is 9.29 Å². The average Bonchev–Trinajstić information content (AvgIpc) is 2.89. The molecule has 0 aliphatic rings. The van der Waals surface area contributed by atoms with Crippen molar-refractivity contribution in [3.63, 3.8) is 0 Å².